The highest BCUT2D eigenvalue weighted by atomic mass is 16.6. The van der Waals surface area contributed by atoms with E-state index in [1.165, 1.54) is 62.8 Å². The second kappa shape index (κ2) is 7.28. The molecule has 24 heavy (non-hydrogen) atoms. The van der Waals surface area contributed by atoms with Crippen LogP contribution in [0, 0.1) is 10.1 Å². The Morgan fingerprint density at radius 3 is 2.25 bits per heavy atom. The fourth-order valence-electron chi connectivity index (χ4n) is 2.06. The molecular formula is C17H15NO6. The van der Waals surface area contributed by atoms with Crippen molar-refractivity contribution in [3.63, 3.8) is 0 Å². The van der Waals surface area contributed by atoms with Crippen molar-refractivity contribution in [3.8, 4) is 17.2 Å². The highest BCUT2D eigenvalue weighted by Crippen LogP contribution is 2.35. The summed E-state index contributed by atoms with van der Waals surface area (Å²) in [5.41, 5.74) is 0.361. The van der Waals surface area contributed by atoms with E-state index in [-0.39, 0.29) is 28.5 Å². The number of hydrogen-bond acceptors (Lipinski definition) is 6. The number of nitro groups is 1. The fraction of sp³-hybridized carbons (Fsp3) is 0.118. The summed E-state index contributed by atoms with van der Waals surface area (Å²) in [4.78, 5) is 22.7. The maximum Gasteiger partial charge on any atom is 0.280 e. The molecule has 0 spiro atoms. The van der Waals surface area contributed by atoms with Crippen LogP contribution in [0.25, 0.3) is 6.08 Å². The van der Waals surface area contributed by atoms with Crippen LogP contribution in [0.15, 0.2) is 42.5 Å². The number of phenolic OH excluding ortho intramolecular Hbond substituents is 1. The number of rotatable bonds is 6. The lowest BCUT2D eigenvalue weighted by atomic mass is 10.1. The first-order valence-corrected chi connectivity index (χ1v) is 6.88. The van der Waals surface area contributed by atoms with Gasteiger partial charge in [-0.15, -0.1) is 0 Å². The van der Waals surface area contributed by atoms with E-state index in [1.54, 1.807) is 0 Å². The van der Waals surface area contributed by atoms with Crippen molar-refractivity contribution in [2.45, 2.75) is 0 Å². The van der Waals surface area contributed by atoms with Gasteiger partial charge in [0.05, 0.1) is 30.8 Å². The minimum atomic E-state index is -0.563. The van der Waals surface area contributed by atoms with Gasteiger partial charge in [0.2, 0.25) is 0 Å². The Kier molecular flexibility index (Phi) is 5.16. The predicted molar refractivity (Wildman–Crippen MR) is 87.7 cm³/mol. The SMILES string of the molecule is COc1cc(/C=C/C(=O)c2ccc(O)cc2)c([N+](=O)[O-])cc1OC. The van der Waals surface area contributed by atoms with Crippen molar-refractivity contribution in [3.05, 3.63) is 63.7 Å². The summed E-state index contributed by atoms with van der Waals surface area (Å²) < 4.78 is 10.2. The Bertz CT molecular complexity index is 795. The molecule has 0 atom stereocenters. The third-order valence-corrected chi connectivity index (χ3v) is 3.30. The number of aromatic hydroxyl groups is 1. The second-order valence-corrected chi connectivity index (χ2v) is 4.77. The van der Waals surface area contributed by atoms with E-state index in [4.69, 9.17) is 9.47 Å². The number of hydrogen-bond donors (Lipinski definition) is 1. The smallest absolute Gasteiger partial charge is 0.280 e. The van der Waals surface area contributed by atoms with Gasteiger partial charge in [0.25, 0.3) is 5.69 Å². The standard InChI is InChI=1S/C17H15NO6/c1-23-16-9-12(14(18(21)22)10-17(16)24-2)5-8-15(20)11-3-6-13(19)7-4-11/h3-10,19H,1-2H3/b8-5+. The summed E-state index contributed by atoms with van der Waals surface area (Å²) in [7, 11) is 2.80. The van der Waals surface area contributed by atoms with Gasteiger partial charge < -0.3 is 14.6 Å². The first kappa shape index (κ1) is 17.0. The van der Waals surface area contributed by atoms with Gasteiger partial charge in [-0.2, -0.15) is 0 Å². The van der Waals surface area contributed by atoms with Gasteiger partial charge in [0, 0.05) is 5.56 Å². The Morgan fingerprint density at radius 1 is 1.12 bits per heavy atom. The van der Waals surface area contributed by atoms with Crippen LogP contribution in [0.3, 0.4) is 0 Å². The van der Waals surface area contributed by atoms with Crippen LogP contribution >= 0.6 is 0 Å². The average molecular weight is 329 g/mol. The number of nitro benzene ring substituents is 1. The maximum atomic E-state index is 12.1. The lowest BCUT2D eigenvalue weighted by Crippen LogP contribution is -1.98. The second-order valence-electron chi connectivity index (χ2n) is 4.77. The van der Waals surface area contributed by atoms with Crippen LogP contribution in [0.2, 0.25) is 0 Å². The van der Waals surface area contributed by atoms with Crippen molar-refractivity contribution in [1.82, 2.24) is 0 Å². The van der Waals surface area contributed by atoms with E-state index in [0.29, 0.717) is 11.3 Å². The lowest BCUT2D eigenvalue weighted by Gasteiger charge is -2.08. The van der Waals surface area contributed by atoms with E-state index in [9.17, 15) is 20.0 Å². The zero-order valence-electron chi connectivity index (χ0n) is 13.1. The molecule has 0 aliphatic carbocycles. The van der Waals surface area contributed by atoms with Crippen LogP contribution in [0.5, 0.6) is 17.2 Å². The highest BCUT2D eigenvalue weighted by Gasteiger charge is 2.18. The normalized spacial score (nSPS) is 10.6. The molecule has 2 aromatic carbocycles. The number of phenols is 1. The van der Waals surface area contributed by atoms with Gasteiger partial charge >= 0.3 is 0 Å². The number of allylic oxidation sites excluding steroid dienone is 1. The maximum absolute atomic E-state index is 12.1. The molecule has 0 radical (unpaired) electrons. The van der Waals surface area contributed by atoms with Crippen LogP contribution in [-0.4, -0.2) is 30.0 Å². The number of ether oxygens (including phenoxy) is 2. The highest BCUT2D eigenvalue weighted by molar-refractivity contribution is 6.07. The molecule has 0 aromatic heterocycles. The Balaban J connectivity index is 2.38. The lowest BCUT2D eigenvalue weighted by molar-refractivity contribution is -0.385. The van der Waals surface area contributed by atoms with Crippen molar-refractivity contribution >= 4 is 17.5 Å². The molecule has 7 nitrogen and oxygen atoms in total. The average Bonchev–Trinajstić information content (AvgIpc) is 2.59. The molecule has 0 bridgehead atoms. The number of methoxy groups -OCH3 is 2. The summed E-state index contributed by atoms with van der Waals surface area (Å²) in [5, 5.41) is 20.4. The Hall–Kier alpha value is -3.35. The van der Waals surface area contributed by atoms with Gasteiger partial charge in [-0.1, -0.05) is 0 Å². The van der Waals surface area contributed by atoms with Gasteiger partial charge in [-0.25, -0.2) is 0 Å². The molecule has 1 N–H and O–H groups in total. The Morgan fingerprint density at radius 2 is 1.71 bits per heavy atom. The molecule has 0 aliphatic rings. The predicted octanol–water partition coefficient (Wildman–Crippen LogP) is 3.21. The monoisotopic (exact) mass is 329 g/mol. The fourth-order valence-corrected chi connectivity index (χ4v) is 2.06. The van der Waals surface area contributed by atoms with E-state index in [2.05, 4.69) is 0 Å². The van der Waals surface area contributed by atoms with E-state index >= 15 is 0 Å². The summed E-state index contributed by atoms with van der Waals surface area (Å²) in [5.74, 6) is 0.246. The van der Waals surface area contributed by atoms with E-state index in [0.717, 1.165) is 0 Å². The molecule has 0 heterocycles. The quantitative estimate of drug-likeness (QED) is 0.378. The topological polar surface area (TPSA) is 98.9 Å². The molecule has 2 aromatic rings. The molecular weight excluding hydrogens is 314 g/mol. The Labute approximate surface area is 137 Å². The van der Waals surface area contributed by atoms with Gasteiger partial charge in [0.15, 0.2) is 17.3 Å². The van der Waals surface area contributed by atoms with Crippen molar-refractivity contribution < 1.29 is 24.3 Å². The zero-order chi connectivity index (χ0) is 17.7. The molecule has 0 unspecified atom stereocenters. The first-order valence-electron chi connectivity index (χ1n) is 6.88. The molecule has 7 heteroatoms. The van der Waals surface area contributed by atoms with Crippen molar-refractivity contribution in [2.75, 3.05) is 14.2 Å². The minimum absolute atomic E-state index is 0.0473. The third kappa shape index (κ3) is 3.70. The van der Waals surface area contributed by atoms with E-state index < -0.39 is 4.92 Å². The molecule has 0 saturated heterocycles. The van der Waals surface area contributed by atoms with Crippen LogP contribution in [-0.2, 0) is 0 Å². The van der Waals surface area contributed by atoms with Gasteiger partial charge in [0.1, 0.15) is 5.75 Å². The van der Waals surface area contributed by atoms with Gasteiger partial charge in [-0.05, 0) is 42.5 Å². The van der Waals surface area contributed by atoms with Gasteiger partial charge in [-0.3, -0.25) is 14.9 Å². The van der Waals surface area contributed by atoms with Crippen LogP contribution < -0.4 is 9.47 Å². The number of carbonyl (C=O) groups excluding carboxylic acids is 1. The summed E-state index contributed by atoms with van der Waals surface area (Å²) >= 11 is 0. The molecule has 0 saturated carbocycles. The van der Waals surface area contributed by atoms with Crippen LogP contribution in [0.4, 0.5) is 5.69 Å². The number of ketones is 1. The van der Waals surface area contributed by atoms with Crippen molar-refractivity contribution in [2.24, 2.45) is 0 Å². The molecule has 0 amide bonds. The largest absolute Gasteiger partial charge is 0.508 e. The summed E-state index contributed by atoms with van der Waals surface area (Å²) in [6, 6.07) is 8.37. The summed E-state index contributed by atoms with van der Waals surface area (Å²) in [6.07, 6.45) is 2.57. The molecule has 124 valence electrons. The third-order valence-electron chi connectivity index (χ3n) is 3.30. The number of benzene rings is 2. The molecule has 0 fully saturated rings. The molecule has 0 aliphatic heterocycles. The van der Waals surface area contributed by atoms with E-state index in [1.807, 2.05) is 0 Å². The minimum Gasteiger partial charge on any atom is -0.508 e. The zero-order valence-corrected chi connectivity index (χ0v) is 13.1. The number of carbonyl (C=O) groups is 1. The van der Waals surface area contributed by atoms with Crippen molar-refractivity contribution in [1.29, 1.82) is 0 Å². The van der Waals surface area contributed by atoms with Crippen LogP contribution in [0.1, 0.15) is 15.9 Å². The summed E-state index contributed by atoms with van der Waals surface area (Å²) in [6.45, 7) is 0. The molecule has 2 rings (SSSR count). The first-order chi connectivity index (χ1) is 11.5. The number of nitrogens with zero attached hydrogens (tertiary/aromatic N) is 1.